The van der Waals surface area contributed by atoms with Crippen LogP contribution in [-0.2, 0) is 14.4 Å². The Balaban J connectivity index is 3.31. The number of hydrogen-bond acceptors (Lipinski definition) is 5. The maximum absolute atomic E-state index is 10.8. The molecule has 0 radical (unpaired) electrons. The molecule has 0 N–H and O–H groups in total. The van der Waals surface area contributed by atoms with Gasteiger partial charge in [-0.05, 0) is 18.8 Å². The summed E-state index contributed by atoms with van der Waals surface area (Å²) in [4.78, 5) is 15.6. The van der Waals surface area contributed by atoms with E-state index >= 15 is 0 Å². The molecule has 1 atom stereocenters. The van der Waals surface area contributed by atoms with E-state index in [-0.39, 0.29) is 5.97 Å². The second-order valence-corrected chi connectivity index (χ2v) is 4.44. The lowest BCUT2D eigenvalue weighted by Gasteiger charge is -2.25. The van der Waals surface area contributed by atoms with E-state index in [2.05, 4.69) is 13.2 Å². The molecule has 1 unspecified atom stereocenters. The largest absolute Gasteiger partial charge is 0.734 e. The van der Waals surface area contributed by atoms with Gasteiger partial charge in [0.15, 0.2) is 0 Å². The Kier molecular flexibility index (Phi) is 10.9. The van der Waals surface area contributed by atoms with Crippen molar-refractivity contribution in [1.82, 2.24) is 5.23 Å². The number of hydrogen-bond donors (Lipinski definition) is 0. The molecule has 0 aliphatic heterocycles. The van der Waals surface area contributed by atoms with Gasteiger partial charge < -0.3 is 15.2 Å². The number of carbonyl (C=O) groups is 1. The molecule has 0 saturated heterocycles. The molecule has 0 aliphatic carbocycles. The van der Waals surface area contributed by atoms with E-state index < -0.39 is 0 Å². The van der Waals surface area contributed by atoms with E-state index in [0.29, 0.717) is 24.4 Å². The topological polar surface area (TPSA) is 61.8 Å². The molecular formula is C14H24NO4-. The summed E-state index contributed by atoms with van der Waals surface area (Å²) in [7, 11) is 0. The zero-order valence-electron chi connectivity index (χ0n) is 11.7. The maximum atomic E-state index is 10.8. The summed E-state index contributed by atoms with van der Waals surface area (Å²) < 4.78 is 4.87. The summed E-state index contributed by atoms with van der Waals surface area (Å²) in [5.41, 5.74) is 0. The number of carbonyl (C=O) groups excluding carboxylic acids is 1. The molecule has 0 fully saturated rings. The first-order valence-corrected chi connectivity index (χ1v) is 6.61. The summed E-state index contributed by atoms with van der Waals surface area (Å²) in [6.45, 7) is 9.54. The summed E-state index contributed by atoms with van der Waals surface area (Å²) in [6.07, 6.45) is 7.33. The van der Waals surface area contributed by atoms with Crippen LogP contribution in [0.15, 0.2) is 25.4 Å². The fourth-order valence-electron chi connectivity index (χ4n) is 1.52. The first-order valence-electron chi connectivity index (χ1n) is 6.61. The van der Waals surface area contributed by atoms with Gasteiger partial charge in [-0.3, -0.25) is 4.84 Å². The molecule has 0 rings (SSSR count). The van der Waals surface area contributed by atoms with Crippen LogP contribution in [-0.4, -0.2) is 24.4 Å². The molecule has 110 valence electrons. The lowest BCUT2D eigenvalue weighted by molar-refractivity contribution is -0.137. The van der Waals surface area contributed by atoms with Crippen molar-refractivity contribution in [2.45, 2.75) is 39.0 Å². The highest BCUT2D eigenvalue weighted by Crippen LogP contribution is 2.11. The van der Waals surface area contributed by atoms with Crippen molar-refractivity contribution >= 4 is 5.97 Å². The van der Waals surface area contributed by atoms with Crippen molar-refractivity contribution in [2.75, 3.05) is 13.2 Å². The molecule has 19 heavy (non-hydrogen) atoms. The summed E-state index contributed by atoms with van der Waals surface area (Å²) >= 11 is 0. The van der Waals surface area contributed by atoms with E-state index in [1.54, 1.807) is 0 Å². The van der Waals surface area contributed by atoms with Gasteiger partial charge in [0.25, 0.3) is 0 Å². The quantitative estimate of drug-likeness (QED) is 0.236. The molecule has 0 aromatic rings. The SMILES string of the molecule is C=CC(=O)OCCCCCCC(C)CON([O-])C=C. The Bertz CT molecular complexity index is 268. The first kappa shape index (κ1) is 17.7. The van der Waals surface area contributed by atoms with Crippen LogP contribution in [0.1, 0.15) is 39.0 Å². The van der Waals surface area contributed by atoms with Crippen LogP contribution in [0, 0.1) is 11.1 Å². The maximum Gasteiger partial charge on any atom is 0.330 e. The van der Waals surface area contributed by atoms with Gasteiger partial charge in [0.05, 0.1) is 13.2 Å². The Morgan fingerprint density at radius 2 is 2.00 bits per heavy atom. The Labute approximate surface area is 115 Å². The molecule has 0 heterocycles. The Morgan fingerprint density at radius 1 is 1.32 bits per heavy atom. The smallest absolute Gasteiger partial charge is 0.330 e. The zero-order valence-corrected chi connectivity index (χ0v) is 11.7. The fourth-order valence-corrected chi connectivity index (χ4v) is 1.52. The second kappa shape index (κ2) is 11.7. The number of rotatable bonds is 12. The number of hydroxylamine groups is 2. The third-order valence-electron chi connectivity index (χ3n) is 2.64. The molecule has 0 aromatic heterocycles. The highest BCUT2D eigenvalue weighted by atomic mass is 16.9. The van der Waals surface area contributed by atoms with Crippen LogP contribution in [0.5, 0.6) is 0 Å². The predicted octanol–water partition coefficient (Wildman–Crippen LogP) is 3.18. The number of esters is 1. The van der Waals surface area contributed by atoms with Gasteiger partial charge >= 0.3 is 5.97 Å². The zero-order chi connectivity index (χ0) is 14.5. The van der Waals surface area contributed by atoms with Crippen LogP contribution in [0.25, 0.3) is 0 Å². The van der Waals surface area contributed by atoms with Crippen LogP contribution in [0.3, 0.4) is 0 Å². The lowest BCUT2D eigenvalue weighted by Crippen LogP contribution is -2.15. The van der Waals surface area contributed by atoms with E-state index in [1.807, 2.05) is 6.92 Å². The third-order valence-corrected chi connectivity index (χ3v) is 2.64. The van der Waals surface area contributed by atoms with Gasteiger partial charge in [-0.2, -0.15) is 0 Å². The summed E-state index contributed by atoms with van der Waals surface area (Å²) in [6, 6.07) is 0. The highest BCUT2D eigenvalue weighted by molar-refractivity contribution is 5.81. The predicted molar refractivity (Wildman–Crippen MR) is 74.8 cm³/mol. The van der Waals surface area contributed by atoms with Crippen molar-refractivity contribution in [2.24, 2.45) is 5.92 Å². The van der Waals surface area contributed by atoms with Gasteiger partial charge in [-0.25, -0.2) is 4.79 Å². The third kappa shape index (κ3) is 11.5. The minimum absolute atomic E-state index is 0.343. The molecule has 0 saturated carbocycles. The number of unbranched alkanes of at least 4 members (excludes halogenated alkanes) is 3. The van der Waals surface area contributed by atoms with E-state index in [1.165, 1.54) is 6.08 Å². The van der Waals surface area contributed by atoms with Crippen LogP contribution in [0.4, 0.5) is 0 Å². The average molecular weight is 270 g/mol. The summed E-state index contributed by atoms with van der Waals surface area (Å²) in [5, 5.41) is 11.2. The van der Waals surface area contributed by atoms with Gasteiger partial charge in [-0.1, -0.05) is 39.3 Å². The van der Waals surface area contributed by atoms with Crippen LogP contribution >= 0.6 is 0 Å². The molecule has 0 amide bonds. The molecule has 5 nitrogen and oxygen atoms in total. The minimum Gasteiger partial charge on any atom is -0.734 e. The molecule has 0 aromatic carbocycles. The van der Waals surface area contributed by atoms with E-state index in [9.17, 15) is 10.0 Å². The molecule has 5 heteroatoms. The molecular weight excluding hydrogens is 246 g/mol. The molecule has 0 bridgehead atoms. The van der Waals surface area contributed by atoms with Gasteiger partial charge in [-0.15, -0.1) is 0 Å². The van der Waals surface area contributed by atoms with Gasteiger partial charge in [0, 0.05) is 12.3 Å². The minimum atomic E-state index is -0.366. The van der Waals surface area contributed by atoms with Crippen molar-refractivity contribution in [3.8, 4) is 0 Å². The molecule has 0 spiro atoms. The van der Waals surface area contributed by atoms with Gasteiger partial charge in [0.2, 0.25) is 0 Å². The van der Waals surface area contributed by atoms with E-state index in [4.69, 9.17) is 9.57 Å². The van der Waals surface area contributed by atoms with Crippen molar-refractivity contribution in [3.63, 3.8) is 0 Å². The van der Waals surface area contributed by atoms with Crippen molar-refractivity contribution in [1.29, 1.82) is 0 Å². The van der Waals surface area contributed by atoms with E-state index in [0.717, 1.165) is 38.3 Å². The average Bonchev–Trinajstić information content (AvgIpc) is 2.43. The number of nitrogens with zero attached hydrogens (tertiary/aromatic N) is 1. The Hall–Kier alpha value is -1.33. The standard InChI is InChI=1S/C14H24NO4/c1-4-14(16)18-11-9-7-6-8-10-13(3)12-19-15(17)5-2/h4-5,13H,1-2,6-12H2,3H3/q-1. The van der Waals surface area contributed by atoms with Gasteiger partial charge in [0.1, 0.15) is 0 Å². The van der Waals surface area contributed by atoms with Crippen LogP contribution in [0.2, 0.25) is 0 Å². The first-order chi connectivity index (χ1) is 9.10. The normalized spacial score (nSPS) is 11.7. The second-order valence-electron chi connectivity index (χ2n) is 4.44. The summed E-state index contributed by atoms with van der Waals surface area (Å²) in [5.74, 6) is -0.0230. The van der Waals surface area contributed by atoms with Crippen molar-refractivity contribution in [3.05, 3.63) is 30.6 Å². The molecule has 0 aliphatic rings. The fraction of sp³-hybridized carbons (Fsp3) is 0.643. The monoisotopic (exact) mass is 270 g/mol. The van der Waals surface area contributed by atoms with Crippen molar-refractivity contribution < 1.29 is 14.4 Å². The van der Waals surface area contributed by atoms with Crippen LogP contribution < -0.4 is 0 Å². The lowest BCUT2D eigenvalue weighted by atomic mass is 10.0. The Morgan fingerprint density at radius 3 is 2.63 bits per heavy atom. The highest BCUT2D eigenvalue weighted by Gasteiger charge is 2.02. The number of ether oxygens (including phenoxy) is 1.